The van der Waals surface area contributed by atoms with Crippen molar-refractivity contribution in [1.29, 1.82) is 0 Å². The highest BCUT2D eigenvalue weighted by Gasteiger charge is 2.27. The summed E-state index contributed by atoms with van der Waals surface area (Å²) in [7, 11) is 1.81. The molecule has 0 unspecified atom stereocenters. The number of anilines is 1. The third-order valence-corrected chi connectivity index (χ3v) is 3.31. The van der Waals surface area contributed by atoms with Gasteiger partial charge in [0.25, 0.3) is 0 Å². The molecule has 1 saturated heterocycles. The van der Waals surface area contributed by atoms with Gasteiger partial charge in [-0.2, -0.15) is 0 Å². The first kappa shape index (κ1) is 13.1. The number of hydrogen-bond acceptors (Lipinski definition) is 2. The van der Waals surface area contributed by atoms with Crippen LogP contribution in [-0.2, 0) is 0 Å². The van der Waals surface area contributed by atoms with Crippen LogP contribution < -0.4 is 10.2 Å². The maximum Gasteiger partial charge on any atom is 0.185 e. The summed E-state index contributed by atoms with van der Waals surface area (Å²) >= 11 is 0. The third kappa shape index (κ3) is 2.29. The standard InChI is InChI=1S/C12H14F4N2/c1-17-7-2-4-18(5-3-7)12-10(15)8(13)6-9(14)11(12)16/h6-7,17H,2-5H2,1H3. The Balaban J connectivity index is 2.29. The predicted octanol–water partition coefficient (Wildman–Crippen LogP) is 2.43. The maximum atomic E-state index is 13.6. The van der Waals surface area contributed by atoms with Gasteiger partial charge in [0, 0.05) is 25.2 Å². The van der Waals surface area contributed by atoms with Crippen LogP contribution in [-0.4, -0.2) is 26.2 Å². The average Bonchev–Trinajstić information content (AvgIpc) is 2.37. The molecule has 1 aromatic rings. The third-order valence-electron chi connectivity index (χ3n) is 3.31. The van der Waals surface area contributed by atoms with E-state index < -0.39 is 29.0 Å². The van der Waals surface area contributed by atoms with Crippen molar-refractivity contribution in [3.63, 3.8) is 0 Å². The molecular formula is C12H14F4N2. The molecule has 2 nitrogen and oxygen atoms in total. The van der Waals surface area contributed by atoms with Crippen LogP contribution in [0.2, 0.25) is 0 Å². The van der Waals surface area contributed by atoms with Crippen molar-refractivity contribution in [3.8, 4) is 0 Å². The van der Waals surface area contributed by atoms with Crippen LogP contribution in [0.15, 0.2) is 6.07 Å². The van der Waals surface area contributed by atoms with E-state index in [1.807, 2.05) is 7.05 Å². The lowest BCUT2D eigenvalue weighted by atomic mass is 10.0. The summed E-state index contributed by atoms with van der Waals surface area (Å²) in [5.74, 6) is -5.37. The van der Waals surface area contributed by atoms with E-state index in [0.29, 0.717) is 25.9 Å². The predicted molar refractivity (Wildman–Crippen MR) is 60.6 cm³/mol. The average molecular weight is 262 g/mol. The Labute approximate surface area is 103 Å². The van der Waals surface area contributed by atoms with Gasteiger partial charge >= 0.3 is 0 Å². The first-order chi connectivity index (χ1) is 8.54. The van der Waals surface area contributed by atoms with Crippen molar-refractivity contribution in [1.82, 2.24) is 5.32 Å². The Morgan fingerprint density at radius 1 is 1.06 bits per heavy atom. The van der Waals surface area contributed by atoms with Gasteiger partial charge < -0.3 is 10.2 Å². The lowest BCUT2D eigenvalue weighted by molar-refractivity contribution is 0.417. The molecule has 6 heteroatoms. The Hall–Kier alpha value is -1.30. The smallest absolute Gasteiger partial charge is 0.185 e. The van der Waals surface area contributed by atoms with Gasteiger partial charge in [0.05, 0.1) is 0 Å². The number of nitrogens with zero attached hydrogens (tertiary/aromatic N) is 1. The minimum absolute atomic E-state index is 0.231. The number of hydrogen-bond donors (Lipinski definition) is 1. The van der Waals surface area contributed by atoms with E-state index in [0.717, 1.165) is 0 Å². The normalized spacial score (nSPS) is 17.3. The quantitative estimate of drug-likeness (QED) is 0.650. The molecule has 0 bridgehead atoms. The number of piperidine rings is 1. The SMILES string of the molecule is CNC1CCN(c2c(F)c(F)cc(F)c2F)CC1. The van der Waals surface area contributed by atoms with E-state index in [9.17, 15) is 17.6 Å². The summed E-state index contributed by atoms with van der Waals surface area (Å²) in [4.78, 5) is 1.35. The van der Waals surface area contributed by atoms with Crippen LogP contribution in [0.25, 0.3) is 0 Å². The molecule has 18 heavy (non-hydrogen) atoms. The zero-order valence-corrected chi connectivity index (χ0v) is 9.94. The van der Waals surface area contributed by atoms with Crippen molar-refractivity contribution in [2.45, 2.75) is 18.9 Å². The minimum Gasteiger partial charge on any atom is -0.366 e. The molecule has 0 saturated carbocycles. The molecular weight excluding hydrogens is 248 g/mol. The fraction of sp³-hybridized carbons (Fsp3) is 0.500. The van der Waals surface area contributed by atoms with Gasteiger partial charge in [-0.05, 0) is 19.9 Å². The van der Waals surface area contributed by atoms with Crippen molar-refractivity contribution in [2.75, 3.05) is 25.0 Å². The molecule has 1 N–H and O–H groups in total. The number of halogens is 4. The van der Waals surface area contributed by atoms with E-state index in [1.165, 1.54) is 4.90 Å². The van der Waals surface area contributed by atoms with E-state index in [4.69, 9.17) is 0 Å². The molecule has 1 aliphatic heterocycles. The maximum absolute atomic E-state index is 13.6. The second kappa shape index (κ2) is 5.14. The summed E-state index contributed by atoms with van der Waals surface area (Å²) in [5.41, 5.74) is -0.595. The molecule has 0 aromatic heterocycles. The molecule has 100 valence electrons. The topological polar surface area (TPSA) is 15.3 Å². The molecule has 1 aliphatic rings. The molecule has 1 fully saturated rings. The molecule has 0 radical (unpaired) electrons. The van der Waals surface area contributed by atoms with E-state index in [1.54, 1.807) is 0 Å². The van der Waals surface area contributed by atoms with Gasteiger partial charge in [-0.15, -0.1) is 0 Å². The van der Waals surface area contributed by atoms with Crippen molar-refractivity contribution in [3.05, 3.63) is 29.3 Å². The summed E-state index contributed by atoms with van der Waals surface area (Å²) in [5, 5.41) is 3.07. The fourth-order valence-corrected chi connectivity index (χ4v) is 2.23. The highest BCUT2D eigenvalue weighted by Crippen LogP contribution is 2.29. The lowest BCUT2D eigenvalue weighted by Crippen LogP contribution is -2.42. The summed E-state index contributed by atoms with van der Waals surface area (Å²) in [6.45, 7) is 0.727. The number of nitrogens with one attached hydrogen (secondary N) is 1. The number of rotatable bonds is 2. The zero-order valence-electron chi connectivity index (χ0n) is 9.94. The van der Waals surface area contributed by atoms with Crippen LogP contribution in [0.3, 0.4) is 0 Å². The van der Waals surface area contributed by atoms with Crippen LogP contribution >= 0.6 is 0 Å². The van der Waals surface area contributed by atoms with Gasteiger partial charge in [-0.3, -0.25) is 0 Å². The molecule has 0 amide bonds. The van der Waals surface area contributed by atoms with Crippen molar-refractivity contribution in [2.24, 2.45) is 0 Å². The second-order valence-electron chi connectivity index (χ2n) is 4.37. The monoisotopic (exact) mass is 262 g/mol. The summed E-state index contributed by atoms with van der Waals surface area (Å²) in [6, 6.07) is 0.500. The van der Waals surface area contributed by atoms with E-state index in [-0.39, 0.29) is 12.1 Å². The highest BCUT2D eigenvalue weighted by atomic mass is 19.2. The Bertz CT molecular complexity index is 416. The van der Waals surface area contributed by atoms with Gasteiger partial charge in [0.2, 0.25) is 0 Å². The second-order valence-corrected chi connectivity index (χ2v) is 4.37. The molecule has 0 spiro atoms. The van der Waals surface area contributed by atoms with Gasteiger partial charge in [-0.25, -0.2) is 17.6 Å². The molecule has 0 aliphatic carbocycles. The first-order valence-electron chi connectivity index (χ1n) is 5.79. The van der Waals surface area contributed by atoms with E-state index >= 15 is 0 Å². The lowest BCUT2D eigenvalue weighted by Gasteiger charge is -2.33. The Kier molecular flexibility index (Phi) is 3.75. The van der Waals surface area contributed by atoms with Crippen LogP contribution in [0.1, 0.15) is 12.8 Å². The largest absolute Gasteiger partial charge is 0.366 e. The van der Waals surface area contributed by atoms with E-state index in [2.05, 4.69) is 5.32 Å². The molecule has 1 heterocycles. The minimum atomic E-state index is -1.36. The van der Waals surface area contributed by atoms with Crippen LogP contribution in [0.5, 0.6) is 0 Å². The van der Waals surface area contributed by atoms with Crippen LogP contribution in [0, 0.1) is 23.3 Å². The van der Waals surface area contributed by atoms with Crippen molar-refractivity contribution < 1.29 is 17.6 Å². The van der Waals surface area contributed by atoms with Crippen LogP contribution in [0.4, 0.5) is 23.2 Å². The summed E-state index contributed by atoms with van der Waals surface area (Å²) in [6.07, 6.45) is 1.35. The van der Waals surface area contributed by atoms with Crippen molar-refractivity contribution >= 4 is 5.69 Å². The molecule has 2 rings (SSSR count). The summed E-state index contributed by atoms with van der Waals surface area (Å²) < 4.78 is 53.3. The molecule has 1 aromatic carbocycles. The van der Waals surface area contributed by atoms with Gasteiger partial charge in [0.15, 0.2) is 23.3 Å². The Morgan fingerprint density at radius 2 is 1.56 bits per heavy atom. The zero-order chi connectivity index (χ0) is 13.3. The highest BCUT2D eigenvalue weighted by molar-refractivity contribution is 5.50. The Morgan fingerprint density at radius 3 is 2.00 bits per heavy atom. The van der Waals surface area contributed by atoms with Gasteiger partial charge in [0.1, 0.15) is 5.69 Å². The fourth-order valence-electron chi connectivity index (χ4n) is 2.23. The molecule has 0 atom stereocenters. The first-order valence-corrected chi connectivity index (χ1v) is 5.79. The number of benzene rings is 1. The van der Waals surface area contributed by atoms with Gasteiger partial charge in [-0.1, -0.05) is 0 Å².